The molecule has 0 radical (unpaired) electrons. The van der Waals surface area contributed by atoms with E-state index in [0.717, 1.165) is 12.0 Å². The lowest BCUT2D eigenvalue weighted by Crippen LogP contribution is -2.23. The van der Waals surface area contributed by atoms with Gasteiger partial charge in [0.25, 0.3) is 0 Å². The van der Waals surface area contributed by atoms with E-state index in [1.54, 1.807) is 12.1 Å². The zero-order valence-corrected chi connectivity index (χ0v) is 10.8. The lowest BCUT2D eigenvalue weighted by Gasteiger charge is -2.17. The fourth-order valence-electron chi connectivity index (χ4n) is 1.62. The van der Waals surface area contributed by atoms with Gasteiger partial charge in [0.05, 0.1) is 0 Å². The van der Waals surface area contributed by atoms with Gasteiger partial charge in [-0.1, -0.05) is 26.0 Å². The van der Waals surface area contributed by atoms with Crippen LogP contribution < -0.4 is 10.5 Å². The maximum absolute atomic E-state index is 13.8. The van der Waals surface area contributed by atoms with Crippen molar-refractivity contribution in [2.24, 2.45) is 5.73 Å². The summed E-state index contributed by atoms with van der Waals surface area (Å²) in [7, 11) is 0. The smallest absolute Gasteiger partial charge is 0.184 e. The number of hydrogen-bond donors (Lipinski definition) is 1. The minimum absolute atomic E-state index is 0.0312. The van der Waals surface area contributed by atoms with Gasteiger partial charge >= 0.3 is 0 Å². The quantitative estimate of drug-likeness (QED) is 0.844. The van der Waals surface area contributed by atoms with Crippen molar-refractivity contribution in [1.82, 2.24) is 0 Å². The summed E-state index contributed by atoms with van der Waals surface area (Å²) in [5.41, 5.74) is 6.60. The highest BCUT2D eigenvalue weighted by Crippen LogP contribution is 2.25. The minimum Gasteiger partial charge on any atom is -0.472 e. The van der Waals surface area contributed by atoms with Crippen molar-refractivity contribution >= 4 is 0 Å². The topological polar surface area (TPSA) is 59.0 Å². The first kappa shape index (κ1) is 14.5. The molecule has 0 aliphatic rings. The second-order valence-electron chi connectivity index (χ2n) is 4.24. The van der Waals surface area contributed by atoms with E-state index < -0.39 is 11.9 Å². The Morgan fingerprint density at radius 2 is 2.11 bits per heavy atom. The molecule has 0 saturated heterocycles. The summed E-state index contributed by atoms with van der Waals surface area (Å²) in [5, 5.41) is 8.88. The third-order valence-electron chi connectivity index (χ3n) is 2.83. The molecule has 98 valence electrons. The standard InChI is InChI=1S/C14H19FN2O/c1-3-11(17)8-10-6-5-7-13(15)14(10)18-12(4-2)9-16/h5-7,11-12H,3-4,8,17H2,1-2H3. The highest BCUT2D eigenvalue weighted by Gasteiger charge is 2.16. The number of rotatable bonds is 6. The Morgan fingerprint density at radius 1 is 1.39 bits per heavy atom. The van der Waals surface area contributed by atoms with Gasteiger partial charge < -0.3 is 10.5 Å². The molecule has 2 unspecified atom stereocenters. The largest absolute Gasteiger partial charge is 0.472 e. The molecule has 0 amide bonds. The van der Waals surface area contributed by atoms with Gasteiger partial charge in [-0.2, -0.15) is 5.26 Å². The number of hydrogen-bond acceptors (Lipinski definition) is 3. The molecule has 0 spiro atoms. The van der Waals surface area contributed by atoms with Gasteiger partial charge in [0.15, 0.2) is 17.7 Å². The summed E-state index contributed by atoms with van der Waals surface area (Å²) in [6.07, 6.45) is 1.25. The van der Waals surface area contributed by atoms with Crippen molar-refractivity contribution in [3.8, 4) is 11.8 Å². The number of ether oxygens (including phenoxy) is 1. The summed E-state index contributed by atoms with van der Waals surface area (Å²) in [4.78, 5) is 0. The Kier molecular flexibility index (Phi) is 5.60. The maximum Gasteiger partial charge on any atom is 0.184 e. The number of nitrogens with two attached hydrogens (primary N) is 1. The first-order chi connectivity index (χ1) is 8.62. The van der Waals surface area contributed by atoms with E-state index in [-0.39, 0.29) is 11.8 Å². The summed E-state index contributed by atoms with van der Waals surface area (Å²) in [6.45, 7) is 3.81. The SMILES string of the molecule is CCC(N)Cc1cccc(F)c1OC(C#N)CC. The van der Waals surface area contributed by atoms with E-state index in [9.17, 15) is 4.39 Å². The fraction of sp³-hybridized carbons (Fsp3) is 0.500. The maximum atomic E-state index is 13.8. The van der Waals surface area contributed by atoms with Crippen molar-refractivity contribution in [3.63, 3.8) is 0 Å². The van der Waals surface area contributed by atoms with Gasteiger partial charge in [0.2, 0.25) is 0 Å². The fourth-order valence-corrected chi connectivity index (χ4v) is 1.62. The van der Waals surface area contributed by atoms with Crippen LogP contribution in [0.1, 0.15) is 32.3 Å². The molecule has 2 N–H and O–H groups in total. The molecule has 3 nitrogen and oxygen atoms in total. The molecule has 1 rings (SSSR count). The molecule has 0 aliphatic heterocycles. The van der Waals surface area contributed by atoms with Crippen molar-refractivity contribution in [2.75, 3.05) is 0 Å². The van der Waals surface area contributed by atoms with E-state index in [0.29, 0.717) is 12.8 Å². The molecule has 0 bridgehead atoms. The number of halogens is 1. The molecule has 0 aliphatic carbocycles. The predicted octanol–water partition coefficient (Wildman–Crippen LogP) is 2.79. The van der Waals surface area contributed by atoms with Gasteiger partial charge in [-0.15, -0.1) is 0 Å². The predicted molar refractivity (Wildman–Crippen MR) is 68.7 cm³/mol. The van der Waals surface area contributed by atoms with E-state index in [1.165, 1.54) is 6.07 Å². The van der Waals surface area contributed by atoms with Crippen LogP contribution in [0.3, 0.4) is 0 Å². The second kappa shape index (κ2) is 6.97. The van der Waals surface area contributed by atoms with Crippen LogP contribution in [-0.4, -0.2) is 12.1 Å². The average Bonchev–Trinajstić information content (AvgIpc) is 2.38. The van der Waals surface area contributed by atoms with Gasteiger partial charge in [-0.05, 0) is 30.9 Å². The number of nitriles is 1. The molecule has 0 fully saturated rings. The molecule has 0 aromatic heterocycles. The van der Waals surface area contributed by atoms with Crippen LogP contribution in [0.5, 0.6) is 5.75 Å². The van der Waals surface area contributed by atoms with E-state index in [1.807, 2.05) is 19.9 Å². The van der Waals surface area contributed by atoms with Gasteiger partial charge in [0, 0.05) is 6.04 Å². The van der Waals surface area contributed by atoms with Crippen LogP contribution >= 0.6 is 0 Å². The number of para-hydroxylation sites is 1. The van der Waals surface area contributed by atoms with Gasteiger partial charge in [-0.3, -0.25) is 0 Å². The highest BCUT2D eigenvalue weighted by atomic mass is 19.1. The second-order valence-corrected chi connectivity index (χ2v) is 4.24. The zero-order chi connectivity index (χ0) is 13.5. The average molecular weight is 250 g/mol. The first-order valence-corrected chi connectivity index (χ1v) is 6.21. The zero-order valence-electron chi connectivity index (χ0n) is 10.8. The van der Waals surface area contributed by atoms with Crippen LogP contribution in [0, 0.1) is 17.1 Å². The summed E-state index contributed by atoms with van der Waals surface area (Å²) >= 11 is 0. The molecule has 1 aromatic rings. The Bertz CT molecular complexity index is 428. The van der Waals surface area contributed by atoms with Crippen molar-refractivity contribution in [3.05, 3.63) is 29.6 Å². The van der Waals surface area contributed by atoms with E-state index in [4.69, 9.17) is 15.7 Å². The monoisotopic (exact) mass is 250 g/mol. The van der Waals surface area contributed by atoms with Crippen LogP contribution in [0.2, 0.25) is 0 Å². The Balaban J connectivity index is 2.97. The molecule has 1 aromatic carbocycles. The molecule has 2 atom stereocenters. The van der Waals surface area contributed by atoms with Gasteiger partial charge in [-0.25, -0.2) is 4.39 Å². The third kappa shape index (κ3) is 3.71. The lowest BCUT2D eigenvalue weighted by molar-refractivity contribution is 0.237. The lowest BCUT2D eigenvalue weighted by atomic mass is 10.0. The number of nitrogens with zero attached hydrogens (tertiary/aromatic N) is 1. The van der Waals surface area contributed by atoms with Crippen LogP contribution in [-0.2, 0) is 6.42 Å². The molecular formula is C14H19FN2O. The normalized spacial score (nSPS) is 13.7. The Labute approximate surface area is 107 Å². The van der Waals surface area contributed by atoms with Crippen molar-refractivity contribution in [2.45, 2.75) is 45.3 Å². The Hall–Kier alpha value is -1.60. The minimum atomic E-state index is -0.626. The molecule has 4 heteroatoms. The van der Waals surface area contributed by atoms with Crippen molar-refractivity contribution < 1.29 is 9.13 Å². The molecule has 18 heavy (non-hydrogen) atoms. The number of benzene rings is 1. The van der Waals surface area contributed by atoms with Crippen LogP contribution in [0.4, 0.5) is 4.39 Å². The summed E-state index contributed by atoms with van der Waals surface area (Å²) < 4.78 is 19.2. The molecule has 0 saturated carbocycles. The van der Waals surface area contributed by atoms with Crippen LogP contribution in [0.15, 0.2) is 18.2 Å². The Morgan fingerprint density at radius 3 is 2.67 bits per heavy atom. The molecular weight excluding hydrogens is 231 g/mol. The third-order valence-corrected chi connectivity index (χ3v) is 2.83. The first-order valence-electron chi connectivity index (χ1n) is 6.21. The summed E-state index contributed by atoms with van der Waals surface area (Å²) in [6, 6.07) is 6.73. The van der Waals surface area contributed by atoms with E-state index >= 15 is 0 Å². The van der Waals surface area contributed by atoms with E-state index in [2.05, 4.69) is 0 Å². The van der Waals surface area contributed by atoms with Crippen molar-refractivity contribution in [1.29, 1.82) is 5.26 Å². The van der Waals surface area contributed by atoms with Gasteiger partial charge in [0.1, 0.15) is 6.07 Å². The van der Waals surface area contributed by atoms with Crippen LogP contribution in [0.25, 0.3) is 0 Å². The summed E-state index contributed by atoms with van der Waals surface area (Å²) in [5.74, 6) is -0.278. The molecule has 0 heterocycles. The highest BCUT2D eigenvalue weighted by molar-refractivity contribution is 5.36.